The van der Waals surface area contributed by atoms with Gasteiger partial charge < -0.3 is 4.74 Å². The number of aryl methyl sites for hydroxylation is 1. The molecule has 0 radical (unpaired) electrons. The Kier molecular flexibility index (Phi) is 13.3. The van der Waals surface area contributed by atoms with E-state index in [0.29, 0.717) is 18.0 Å². The van der Waals surface area contributed by atoms with Crippen molar-refractivity contribution in [3.05, 3.63) is 66.5 Å². The number of hydrogen-bond acceptors (Lipinski definition) is 4. The summed E-state index contributed by atoms with van der Waals surface area (Å²) in [5.41, 5.74) is 2.12. The van der Waals surface area contributed by atoms with Crippen LogP contribution >= 0.6 is 0 Å². The lowest BCUT2D eigenvalue weighted by Crippen LogP contribution is -2.34. The summed E-state index contributed by atoms with van der Waals surface area (Å²) in [5, 5.41) is 0. The van der Waals surface area contributed by atoms with Crippen molar-refractivity contribution in [1.29, 1.82) is 0 Å². The summed E-state index contributed by atoms with van der Waals surface area (Å²) in [7, 11) is 0. The molecule has 2 aromatic carbocycles. The van der Waals surface area contributed by atoms with E-state index in [2.05, 4.69) is 48.1 Å². The SMILES string of the molecule is CCCCCCCCc1ccc(-c2ncc(-c3ccc(OC(=O)C(C)(F)CCCCCCCC)cc3)cn2)cc1. The van der Waals surface area contributed by atoms with Crippen molar-refractivity contribution in [3.63, 3.8) is 0 Å². The van der Waals surface area contributed by atoms with Gasteiger partial charge in [0.2, 0.25) is 5.67 Å². The van der Waals surface area contributed by atoms with Crippen molar-refractivity contribution in [2.75, 3.05) is 0 Å². The molecule has 0 N–H and O–H groups in total. The molecule has 0 aliphatic heterocycles. The van der Waals surface area contributed by atoms with Crippen LogP contribution < -0.4 is 4.74 Å². The number of unbranched alkanes of at least 4 members (excludes halogenated alkanes) is 10. The highest BCUT2D eigenvalue weighted by atomic mass is 19.1. The zero-order chi connectivity index (χ0) is 28.6. The maximum atomic E-state index is 14.9. The molecule has 5 heteroatoms. The fraction of sp³-hybridized carbons (Fsp3) is 0.514. The minimum absolute atomic E-state index is 0.182. The third-order valence-corrected chi connectivity index (χ3v) is 7.51. The van der Waals surface area contributed by atoms with Gasteiger partial charge in [0.25, 0.3) is 0 Å². The molecule has 40 heavy (non-hydrogen) atoms. The molecule has 3 rings (SSSR count). The van der Waals surface area contributed by atoms with Crippen molar-refractivity contribution < 1.29 is 13.9 Å². The number of hydrogen-bond donors (Lipinski definition) is 0. The number of halogens is 1. The van der Waals surface area contributed by atoms with Gasteiger partial charge in [-0.15, -0.1) is 0 Å². The third kappa shape index (κ3) is 10.5. The molecular weight excluding hydrogens is 499 g/mol. The van der Waals surface area contributed by atoms with E-state index in [1.54, 1.807) is 24.5 Å². The molecule has 0 aliphatic rings. The van der Waals surface area contributed by atoms with Crippen molar-refractivity contribution in [1.82, 2.24) is 9.97 Å². The maximum absolute atomic E-state index is 14.9. The van der Waals surface area contributed by atoms with Crippen LogP contribution in [0.4, 0.5) is 4.39 Å². The van der Waals surface area contributed by atoms with Gasteiger partial charge in [-0.1, -0.05) is 114 Å². The molecule has 0 fully saturated rings. The average molecular weight is 547 g/mol. The molecule has 0 spiro atoms. The van der Waals surface area contributed by atoms with Gasteiger partial charge in [-0.05, 0) is 55.9 Å². The Morgan fingerprint density at radius 2 is 1.23 bits per heavy atom. The highest BCUT2D eigenvalue weighted by molar-refractivity contribution is 5.81. The first-order chi connectivity index (χ1) is 19.4. The van der Waals surface area contributed by atoms with Gasteiger partial charge in [0, 0.05) is 23.5 Å². The molecule has 0 saturated heterocycles. The number of esters is 1. The van der Waals surface area contributed by atoms with Crippen LogP contribution in [0.3, 0.4) is 0 Å². The monoisotopic (exact) mass is 546 g/mol. The van der Waals surface area contributed by atoms with Crippen LogP contribution in [0.15, 0.2) is 60.9 Å². The van der Waals surface area contributed by atoms with Crippen LogP contribution in [0.25, 0.3) is 22.5 Å². The van der Waals surface area contributed by atoms with Gasteiger partial charge in [-0.2, -0.15) is 0 Å². The van der Waals surface area contributed by atoms with Crippen molar-refractivity contribution in [2.45, 2.75) is 116 Å². The second-order valence-electron chi connectivity index (χ2n) is 11.1. The number of aromatic nitrogens is 2. The van der Waals surface area contributed by atoms with Gasteiger partial charge in [0.1, 0.15) is 5.75 Å². The average Bonchev–Trinajstić information content (AvgIpc) is 2.97. The summed E-state index contributed by atoms with van der Waals surface area (Å²) >= 11 is 0. The van der Waals surface area contributed by atoms with E-state index in [1.165, 1.54) is 63.9 Å². The topological polar surface area (TPSA) is 52.1 Å². The maximum Gasteiger partial charge on any atom is 0.348 e. The zero-order valence-electron chi connectivity index (χ0n) is 24.8. The van der Waals surface area contributed by atoms with E-state index >= 15 is 0 Å². The quantitative estimate of drug-likeness (QED) is 0.0905. The summed E-state index contributed by atoms with van der Waals surface area (Å²) in [6.07, 6.45) is 19.0. The molecule has 3 aromatic rings. The Bertz CT molecular complexity index is 1130. The molecule has 0 bridgehead atoms. The Balaban J connectivity index is 1.48. The molecule has 0 aliphatic carbocycles. The predicted molar refractivity (Wildman–Crippen MR) is 163 cm³/mol. The number of nitrogens with zero attached hydrogens (tertiary/aromatic N) is 2. The van der Waals surface area contributed by atoms with Gasteiger partial charge in [0.05, 0.1) is 0 Å². The van der Waals surface area contributed by atoms with Gasteiger partial charge in [-0.25, -0.2) is 19.2 Å². The summed E-state index contributed by atoms with van der Waals surface area (Å²) in [4.78, 5) is 21.6. The number of rotatable bonds is 18. The minimum atomic E-state index is -1.99. The number of carbonyl (C=O) groups excluding carboxylic acids is 1. The third-order valence-electron chi connectivity index (χ3n) is 7.51. The Morgan fingerprint density at radius 1 is 0.700 bits per heavy atom. The van der Waals surface area contributed by atoms with Crippen LogP contribution in [0.2, 0.25) is 0 Å². The van der Waals surface area contributed by atoms with E-state index in [0.717, 1.165) is 42.4 Å². The minimum Gasteiger partial charge on any atom is -0.424 e. The standard InChI is InChI=1S/C35H47FN2O2/c1-4-6-8-10-12-14-16-28-17-19-30(20-18-28)33-37-26-31(27-38-33)29-21-23-32(24-22-29)40-34(39)35(3,36)25-15-13-11-9-7-5-2/h17-24,26-27H,4-16,25H2,1-3H3. The molecule has 0 amide bonds. The number of alkyl halides is 1. The lowest BCUT2D eigenvalue weighted by atomic mass is 9.99. The highest BCUT2D eigenvalue weighted by Crippen LogP contribution is 2.26. The van der Waals surface area contributed by atoms with E-state index in [4.69, 9.17) is 4.74 Å². The van der Waals surface area contributed by atoms with Crippen LogP contribution in [0, 0.1) is 0 Å². The first kappa shape index (κ1) is 31.4. The van der Waals surface area contributed by atoms with Crippen LogP contribution in [0.5, 0.6) is 5.75 Å². The number of benzene rings is 2. The van der Waals surface area contributed by atoms with E-state index in [1.807, 2.05) is 12.1 Å². The second kappa shape index (κ2) is 16.9. The largest absolute Gasteiger partial charge is 0.424 e. The Morgan fingerprint density at radius 3 is 1.82 bits per heavy atom. The summed E-state index contributed by atoms with van der Waals surface area (Å²) in [6.45, 7) is 5.73. The van der Waals surface area contributed by atoms with Crippen molar-refractivity contribution in [2.24, 2.45) is 0 Å². The van der Waals surface area contributed by atoms with E-state index in [-0.39, 0.29) is 6.42 Å². The van der Waals surface area contributed by atoms with Crippen LogP contribution in [-0.2, 0) is 11.2 Å². The number of carbonyl (C=O) groups is 1. The first-order valence-electron chi connectivity index (χ1n) is 15.4. The number of ether oxygens (including phenoxy) is 1. The predicted octanol–water partition coefficient (Wildman–Crippen LogP) is 10.1. The van der Waals surface area contributed by atoms with E-state index in [9.17, 15) is 9.18 Å². The molecule has 1 aromatic heterocycles. The lowest BCUT2D eigenvalue weighted by molar-refractivity contribution is -0.147. The molecule has 0 saturated carbocycles. The Hall–Kier alpha value is -3.08. The lowest BCUT2D eigenvalue weighted by Gasteiger charge is -2.18. The van der Waals surface area contributed by atoms with Gasteiger partial charge in [-0.3, -0.25) is 0 Å². The molecule has 216 valence electrons. The smallest absolute Gasteiger partial charge is 0.348 e. The molecular formula is C35H47FN2O2. The van der Waals surface area contributed by atoms with Crippen LogP contribution in [0.1, 0.15) is 110 Å². The summed E-state index contributed by atoms with van der Waals surface area (Å²) < 4.78 is 20.3. The van der Waals surface area contributed by atoms with Gasteiger partial charge >= 0.3 is 5.97 Å². The summed E-state index contributed by atoms with van der Waals surface area (Å²) in [6, 6.07) is 15.6. The highest BCUT2D eigenvalue weighted by Gasteiger charge is 2.34. The normalized spacial score (nSPS) is 12.7. The second-order valence-corrected chi connectivity index (χ2v) is 11.1. The fourth-order valence-corrected chi connectivity index (χ4v) is 4.82. The molecule has 4 nitrogen and oxygen atoms in total. The summed E-state index contributed by atoms with van der Waals surface area (Å²) in [5.74, 6) is 0.187. The fourth-order valence-electron chi connectivity index (χ4n) is 4.82. The van der Waals surface area contributed by atoms with Gasteiger partial charge in [0.15, 0.2) is 5.82 Å². The Labute approximate surface area is 240 Å². The molecule has 1 atom stereocenters. The first-order valence-corrected chi connectivity index (χ1v) is 15.4. The molecule has 1 unspecified atom stereocenters. The zero-order valence-corrected chi connectivity index (χ0v) is 24.8. The molecule has 1 heterocycles. The van der Waals surface area contributed by atoms with Crippen molar-refractivity contribution >= 4 is 5.97 Å². The van der Waals surface area contributed by atoms with E-state index < -0.39 is 11.6 Å². The van der Waals surface area contributed by atoms with Crippen LogP contribution in [-0.4, -0.2) is 21.6 Å². The van der Waals surface area contributed by atoms with Crippen molar-refractivity contribution in [3.8, 4) is 28.3 Å².